The maximum Gasteiger partial charge on any atom is 0.0827 e. The molecule has 0 aromatic carbocycles. The lowest BCUT2D eigenvalue weighted by Crippen LogP contribution is -2.50. The lowest BCUT2D eigenvalue weighted by atomic mass is 10.1. The summed E-state index contributed by atoms with van der Waals surface area (Å²) >= 11 is 0. The van der Waals surface area contributed by atoms with Crippen molar-refractivity contribution in [3.63, 3.8) is 0 Å². The van der Waals surface area contributed by atoms with E-state index >= 15 is 0 Å². The van der Waals surface area contributed by atoms with Crippen molar-refractivity contribution in [2.24, 2.45) is 0 Å². The quantitative estimate of drug-likeness (QED) is 0.659. The molecule has 0 unspecified atom stereocenters. The van der Waals surface area contributed by atoms with Gasteiger partial charge in [-0.05, 0) is 12.8 Å². The molecule has 1 aliphatic heterocycles. The molecular weight excluding hydrogens is 150 g/mol. The molecule has 72 valence electrons. The molecule has 1 rings (SSSR count). The van der Waals surface area contributed by atoms with Crippen LogP contribution >= 0.6 is 0 Å². The van der Waals surface area contributed by atoms with Crippen LogP contribution in [0.3, 0.4) is 0 Å². The van der Waals surface area contributed by atoms with E-state index in [4.69, 9.17) is 4.74 Å². The van der Waals surface area contributed by atoms with Crippen LogP contribution in [0, 0.1) is 0 Å². The largest absolute Gasteiger partial charge is 0.372 e. The summed E-state index contributed by atoms with van der Waals surface area (Å²) < 4.78 is 5.90. The zero-order valence-corrected chi connectivity index (χ0v) is 8.31. The van der Waals surface area contributed by atoms with Crippen LogP contribution in [0.2, 0.25) is 0 Å². The Bertz CT molecular complexity index is 106. The third kappa shape index (κ3) is 3.11. The highest BCUT2D eigenvalue weighted by Crippen LogP contribution is 2.13. The molecule has 2 nitrogen and oxygen atoms in total. The molecule has 0 radical (unpaired) electrons. The van der Waals surface area contributed by atoms with Gasteiger partial charge in [-0.15, -0.1) is 0 Å². The number of nitrogens with one attached hydrogen (secondary N) is 1. The molecule has 1 N–H and O–H groups in total. The Morgan fingerprint density at radius 1 is 1.25 bits per heavy atom. The van der Waals surface area contributed by atoms with E-state index in [1.807, 2.05) is 0 Å². The summed E-state index contributed by atoms with van der Waals surface area (Å²) in [7, 11) is 0. The standard InChI is InChI=1S/C10H21NO/c1-3-5-9(6-4-2)12-10-7-11-8-10/h9-11H,3-8H2,1-2H3. The second-order valence-corrected chi connectivity index (χ2v) is 3.62. The summed E-state index contributed by atoms with van der Waals surface area (Å²) in [6, 6.07) is 0. The van der Waals surface area contributed by atoms with E-state index in [-0.39, 0.29) is 0 Å². The van der Waals surface area contributed by atoms with Crippen molar-refractivity contribution in [1.82, 2.24) is 5.32 Å². The first-order chi connectivity index (χ1) is 5.86. The topological polar surface area (TPSA) is 21.3 Å². The fourth-order valence-corrected chi connectivity index (χ4v) is 1.55. The zero-order chi connectivity index (χ0) is 8.81. The number of hydrogen-bond donors (Lipinski definition) is 1. The van der Waals surface area contributed by atoms with Crippen LogP contribution in [0.1, 0.15) is 39.5 Å². The van der Waals surface area contributed by atoms with Gasteiger partial charge in [0, 0.05) is 13.1 Å². The molecule has 1 heterocycles. The van der Waals surface area contributed by atoms with Crippen molar-refractivity contribution in [3.8, 4) is 0 Å². The van der Waals surface area contributed by atoms with E-state index in [1.54, 1.807) is 0 Å². The molecule has 0 aromatic rings. The molecule has 0 aliphatic carbocycles. The molecule has 0 amide bonds. The number of hydrogen-bond acceptors (Lipinski definition) is 2. The van der Waals surface area contributed by atoms with Crippen LogP contribution in [-0.4, -0.2) is 25.3 Å². The highest BCUT2D eigenvalue weighted by atomic mass is 16.5. The van der Waals surface area contributed by atoms with Gasteiger partial charge in [-0.1, -0.05) is 26.7 Å². The van der Waals surface area contributed by atoms with Crippen molar-refractivity contribution < 1.29 is 4.74 Å². The van der Waals surface area contributed by atoms with E-state index < -0.39 is 0 Å². The summed E-state index contributed by atoms with van der Waals surface area (Å²) in [5.41, 5.74) is 0. The fraction of sp³-hybridized carbons (Fsp3) is 1.00. The lowest BCUT2D eigenvalue weighted by molar-refractivity contribution is -0.0446. The SMILES string of the molecule is CCCC(CCC)OC1CNC1. The highest BCUT2D eigenvalue weighted by molar-refractivity contribution is 4.76. The molecule has 1 saturated heterocycles. The van der Waals surface area contributed by atoms with Gasteiger partial charge in [0.2, 0.25) is 0 Å². The van der Waals surface area contributed by atoms with Crippen LogP contribution in [0.5, 0.6) is 0 Å². The Hall–Kier alpha value is -0.0800. The molecule has 0 spiro atoms. The molecule has 0 aromatic heterocycles. The first kappa shape index (κ1) is 10.0. The summed E-state index contributed by atoms with van der Waals surface area (Å²) in [6.07, 6.45) is 5.96. The van der Waals surface area contributed by atoms with Gasteiger partial charge in [0.15, 0.2) is 0 Å². The maximum atomic E-state index is 5.90. The van der Waals surface area contributed by atoms with Crippen LogP contribution in [0.15, 0.2) is 0 Å². The Morgan fingerprint density at radius 2 is 1.83 bits per heavy atom. The van der Waals surface area contributed by atoms with Gasteiger partial charge in [-0.3, -0.25) is 0 Å². The first-order valence-corrected chi connectivity index (χ1v) is 5.23. The van der Waals surface area contributed by atoms with Crippen molar-refractivity contribution in [2.75, 3.05) is 13.1 Å². The van der Waals surface area contributed by atoms with Crippen LogP contribution in [0.4, 0.5) is 0 Å². The molecule has 2 heteroatoms. The Labute approximate surface area is 75.7 Å². The second-order valence-electron chi connectivity index (χ2n) is 3.62. The van der Waals surface area contributed by atoms with Crippen molar-refractivity contribution in [3.05, 3.63) is 0 Å². The average Bonchev–Trinajstić information content (AvgIpc) is 1.97. The molecule has 0 atom stereocenters. The molecule has 1 aliphatic rings. The van der Waals surface area contributed by atoms with Crippen molar-refractivity contribution in [1.29, 1.82) is 0 Å². The predicted octanol–water partition coefficient (Wildman–Crippen LogP) is 1.94. The van der Waals surface area contributed by atoms with Gasteiger partial charge in [-0.2, -0.15) is 0 Å². The average molecular weight is 171 g/mol. The highest BCUT2D eigenvalue weighted by Gasteiger charge is 2.20. The lowest BCUT2D eigenvalue weighted by Gasteiger charge is -2.31. The van der Waals surface area contributed by atoms with Crippen LogP contribution in [-0.2, 0) is 4.74 Å². The maximum absolute atomic E-state index is 5.90. The summed E-state index contributed by atoms with van der Waals surface area (Å²) in [4.78, 5) is 0. The minimum Gasteiger partial charge on any atom is -0.372 e. The first-order valence-electron chi connectivity index (χ1n) is 5.23. The molecule has 0 saturated carbocycles. The van der Waals surface area contributed by atoms with Gasteiger partial charge in [0.1, 0.15) is 0 Å². The van der Waals surface area contributed by atoms with Gasteiger partial charge >= 0.3 is 0 Å². The minimum atomic E-state index is 0.507. The summed E-state index contributed by atoms with van der Waals surface area (Å²) in [6.45, 7) is 6.57. The van der Waals surface area contributed by atoms with E-state index in [9.17, 15) is 0 Å². The fourth-order valence-electron chi connectivity index (χ4n) is 1.55. The van der Waals surface area contributed by atoms with Crippen LogP contribution < -0.4 is 5.32 Å². The van der Waals surface area contributed by atoms with E-state index in [2.05, 4.69) is 19.2 Å². The van der Waals surface area contributed by atoms with Gasteiger partial charge in [0.05, 0.1) is 12.2 Å². The third-order valence-electron chi connectivity index (χ3n) is 2.35. The van der Waals surface area contributed by atoms with Crippen LogP contribution in [0.25, 0.3) is 0 Å². The number of ether oxygens (including phenoxy) is 1. The second kappa shape index (κ2) is 5.55. The van der Waals surface area contributed by atoms with Gasteiger partial charge < -0.3 is 10.1 Å². The molecule has 12 heavy (non-hydrogen) atoms. The van der Waals surface area contributed by atoms with E-state index in [0.717, 1.165) is 13.1 Å². The Balaban J connectivity index is 2.11. The third-order valence-corrected chi connectivity index (χ3v) is 2.35. The minimum absolute atomic E-state index is 0.507. The van der Waals surface area contributed by atoms with Crippen molar-refractivity contribution in [2.45, 2.75) is 51.7 Å². The van der Waals surface area contributed by atoms with E-state index in [1.165, 1.54) is 25.7 Å². The predicted molar refractivity (Wildman–Crippen MR) is 51.3 cm³/mol. The molecular formula is C10H21NO. The summed E-state index contributed by atoms with van der Waals surface area (Å²) in [5, 5.41) is 3.23. The molecule has 0 bridgehead atoms. The van der Waals surface area contributed by atoms with E-state index in [0.29, 0.717) is 12.2 Å². The monoisotopic (exact) mass is 171 g/mol. The van der Waals surface area contributed by atoms with Crippen molar-refractivity contribution >= 4 is 0 Å². The normalized spacial score (nSPS) is 18.2. The molecule has 1 fully saturated rings. The Morgan fingerprint density at radius 3 is 2.17 bits per heavy atom. The van der Waals surface area contributed by atoms with Gasteiger partial charge in [-0.25, -0.2) is 0 Å². The van der Waals surface area contributed by atoms with Gasteiger partial charge in [0.25, 0.3) is 0 Å². The smallest absolute Gasteiger partial charge is 0.0827 e. The number of rotatable bonds is 6. The summed E-state index contributed by atoms with van der Waals surface area (Å²) in [5.74, 6) is 0. The zero-order valence-electron chi connectivity index (χ0n) is 8.31. The Kier molecular flexibility index (Phi) is 4.62.